The molecule has 1 fully saturated rings. The number of rotatable bonds is 7. The SMILES string of the molecule is CC1(Cn2cc(C(=O)Nc3ccc(C4=CC(c5ccc(O)c(O)c5)=CNC4N)c(F)c3)c(=O)c(-c3ccc(F)cc3)c2)CCOCC1. The average molecular weight is 641 g/mol. The highest BCUT2D eigenvalue weighted by Gasteiger charge is 2.29. The summed E-state index contributed by atoms with van der Waals surface area (Å²) in [4.78, 5) is 27.2. The third-order valence-electron chi connectivity index (χ3n) is 8.65. The van der Waals surface area contributed by atoms with E-state index in [-0.39, 0.29) is 39.3 Å². The molecule has 0 spiro atoms. The Labute approximate surface area is 269 Å². The van der Waals surface area contributed by atoms with Gasteiger partial charge in [-0.05, 0) is 89.1 Å². The molecule has 0 radical (unpaired) electrons. The van der Waals surface area contributed by atoms with Crippen molar-refractivity contribution >= 4 is 22.7 Å². The number of dihydropyridines is 1. The number of allylic oxidation sites excluding steroid dienone is 2. The van der Waals surface area contributed by atoms with Crippen molar-refractivity contribution < 1.29 is 28.5 Å². The van der Waals surface area contributed by atoms with Gasteiger partial charge in [-0.25, -0.2) is 8.78 Å². The zero-order chi connectivity index (χ0) is 33.3. The molecule has 4 aromatic rings. The molecule has 0 bridgehead atoms. The van der Waals surface area contributed by atoms with E-state index in [1.165, 1.54) is 54.7 Å². The number of ether oxygens (including phenoxy) is 1. The number of nitrogens with one attached hydrogen (secondary N) is 2. The number of hydrogen-bond donors (Lipinski definition) is 5. The predicted molar refractivity (Wildman–Crippen MR) is 175 cm³/mol. The maximum atomic E-state index is 15.6. The lowest BCUT2D eigenvalue weighted by atomic mass is 9.82. The van der Waals surface area contributed by atoms with E-state index in [9.17, 15) is 24.2 Å². The highest BCUT2D eigenvalue weighted by atomic mass is 19.1. The molecule has 9 nitrogen and oxygen atoms in total. The Bertz CT molecular complexity index is 1960. The van der Waals surface area contributed by atoms with E-state index in [4.69, 9.17) is 10.5 Å². The van der Waals surface area contributed by atoms with Crippen molar-refractivity contribution in [3.63, 3.8) is 0 Å². The quantitative estimate of drug-likeness (QED) is 0.166. The summed E-state index contributed by atoms with van der Waals surface area (Å²) in [5, 5.41) is 25.2. The van der Waals surface area contributed by atoms with Gasteiger partial charge < -0.3 is 35.9 Å². The smallest absolute Gasteiger partial charge is 0.261 e. The van der Waals surface area contributed by atoms with Gasteiger partial charge in [0, 0.05) is 55.2 Å². The molecular formula is C36H34F2N4O5. The zero-order valence-corrected chi connectivity index (χ0v) is 25.6. The summed E-state index contributed by atoms with van der Waals surface area (Å²) in [7, 11) is 0. The number of hydrogen-bond acceptors (Lipinski definition) is 7. The molecule has 47 heavy (non-hydrogen) atoms. The number of aromatic nitrogens is 1. The highest BCUT2D eigenvalue weighted by Crippen LogP contribution is 2.34. The minimum Gasteiger partial charge on any atom is -0.504 e. The van der Waals surface area contributed by atoms with Crippen LogP contribution in [0.1, 0.15) is 41.3 Å². The number of pyridine rings is 1. The molecule has 0 saturated carbocycles. The van der Waals surface area contributed by atoms with Crippen LogP contribution in [0.2, 0.25) is 0 Å². The number of halogens is 2. The Morgan fingerprint density at radius 3 is 2.43 bits per heavy atom. The lowest BCUT2D eigenvalue weighted by Gasteiger charge is -2.34. The maximum absolute atomic E-state index is 15.6. The molecule has 1 unspecified atom stereocenters. The predicted octanol–water partition coefficient (Wildman–Crippen LogP) is 5.59. The number of nitrogens with zero attached hydrogens (tertiary/aromatic N) is 1. The lowest BCUT2D eigenvalue weighted by Crippen LogP contribution is -2.37. The summed E-state index contributed by atoms with van der Waals surface area (Å²) in [5.74, 6) is -2.39. The Hall–Kier alpha value is -5.26. The third-order valence-corrected chi connectivity index (χ3v) is 8.65. The van der Waals surface area contributed by atoms with Crippen LogP contribution in [0.15, 0.2) is 90.1 Å². The Morgan fingerprint density at radius 2 is 1.72 bits per heavy atom. The summed E-state index contributed by atoms with van der Waals surface area (Å²) >= 11 is 0. The first-order chi connectivity index (χ1) is 22.5. The minimum absolute atomic E-state index is 0.124. The van der Waals surface area contributed by atoms with Crippen molar-refractivity contribution in [3.05, 3.63) is 124 Å². The number of benzene rings is 3. The van der Waals surface area contributed by atoms with Gasteiger partial charge in [-0.15, -0.1) is 0 Å². The third kappa shape index (κ3) is 6.81. The van der Waals surface area contributed by atoms with Gasteiger partial charge in [0.2, 0.25) is 5.43 Å². The Balaban J connectivity index is 1.29. The number of anilines is 1. The molecule has 6 N–H and O–H groups in total. The van der Waals surface area contributed by atoms with E-state index in [2.05, 4.69) is 17.6 Å². The van der Waals surface area contributed by atoms with Crippen LogP contribution in [0.4, 0.5) is 14.5 Å². The second-order valence-corrected chi connectivity index (χ2v) is 12.2. The summed E-state index contributed by atoms with van der Waals surface area (Å²) in [5.41, 5.74) is 8.04. The van der Waals surface area contributed by atoms with Gasteiger partial charge >= 0.3 is 0 Å². The van der Waals surface area contributed by atoms with Gasteiger partial charge in [-0.1, -0.05) is 25.1 Å². The number of amides is 1. The van der Waals surface area contributed by atoms with Crippen molar-refractivity contribution in [2.75, 3.05) is 18.5 Å². The summed E-state index contributed by atoms with van der Waals surface area (Å²) < 4.78 is 36.6. The standard InChI is InChI=1S/C36H34F2N4O5/c1-36(10-12-47-13-11-36)20-42-18-28(21-2-5-24(37)6-3-21)33(45)29(19-42)35(46)41-25-7-8-26(30(38)16-25)27-14-23(17-40-34(27)39)22-4-9-31(43)32(44)15-22/h2-9,14-19,34,40,43-44H,10-13,20,39H2,1H3,(H,41,46). The maximum Gasteiger partial charge on any atom is 0.261 e. The number of carbonyl (C=O) groups is 1. The normalized spacial score (nSPS) is 17.3. The topological polar surface area (TPSA) is 139 Å². The van der Waals surface area contributed by atoms with Gasteiger partial charge in [-0.2, -0.15) is 0 Å². The molecule has 3 heterocycles. The van der Waals surface area contributed by atoms with Gasteiger partial charge in [-0.3, -0.25) is 9.59 Å². The average Bonchev–Trinajstić information content (AvgIpc) is 3.04. The van der Waals surface area contributed by atoms with Crippen LogP contribution in [-0.4, -0.2) is 40.1 Å². The molecule has 242 valence electrons. The molecular weight excluding hydrogens is 606 g/mol. The monoisotopic (exact) mass is 640 g/mol. The number of phenols is 2. The van der Waals surface area contributed by atoms with Crippen LogP contribution >= 0.6 is 0 Å². The van der Waals surface area contributed by atoms with Crippen molar-refractivity contribution in [3.8, 4) is 22.6 Å². The van der Waals surface area contributed by atoms with Crippen LogP contribution in [-0.2, 0) is 11.3 Å². The molecule has 6 rings (SSSR count). The molecule has 0 aliphatic carbocycles. The Morgan fingerprint density at radius 1 is 1.00 bits per heavy atom. The van der Waals surface area contributed by atoms with E-state index >= 15 is 4.39 Å². The van der Waals surface area contributed by atoms with Gasteiger partial charge in [0.1, 0.15) is 23.4 Å². The van der Waals surface area contributed by atoms with Crippen LogP contribution in [0, 0.1) is 17.0 Å². The number of phenolic OH excluding ortho intramolecular Hbond substituents is 2. The molecule has 2 aliphatic rings. The van der Waals surface area contributed by atoms with Crippen molar-refractivity contribution in [2.45, 2.75) is 32.5 Å². The number of carbonyl (C=O) groups excluding carboxylic acids is 1. The van der Waals surface area contributed by atoms with E-state index in [1.54, 1.807) is 24.5 Å². The van der Waals surface area contributed by atoms with Gasteiger partial charge in [0.25, 0.3) is 5.91 Å². The summed E-state index contributed by atoms with van der Waals surface area (Å²) in [6, 6.07) is 14.0. The van der Waals surface area contributed by atoms with Crippen molar-refractivity contribution in [1.82, 2.24) is 9.88 Å². The first kappa shape index (κ1) is 31.7. The van der Waals surface area contributed by atoms with E-state index in [0.717, 1.165) is 18.9 Å². The second-order valence-electron chi connectivity index (χ2n) is 12.2. The second kappa shape index (κ2) is 12.9. The fraction of sp³-hybridized carbons (Fsp3) is 0.222. The highest BCUT2D eigenvalue weighted by molar-refractivity contribution is 6.04. The minimum atomic E-state index is -0.746. The van der Waals surface area contributed by atoms with E-state index in [0.29, 0.717) is 42.0 Å². The molecule has 3 aromatic carbocycles. The van der Waals surface area contributed by atoms with Crippen molar-refractivity contribution in [2.24, 2.45) is 11.1 Å². The van der Waals surface area contributed by atoms with Gasteiger partial charge in [0.15, 0.2) is 11.5 Å². The molecule has 1 amide bonds. The first-order valence-corrected chi connectivity index (χ1v) is 15.1. The molecule has 2 aliphatic heterocycles. The van der Waals surface area contributed by atoms with Gasteiger partial charge in [0.05, 0.1) is 0 Å². The molecule has 1 aromatic heterocycles. The Kier molecular flexibility index (Phi) is 8.67. The van der Waals surface area contributed by atoms with E-state index in [1.807, 2.05) is 4.57 Å². The van der Waals surface area contributed by atoms with Crippen LogP contribution in [0.3, 0.4) is 0 Å². The fourth-order valence-corrected chi connectivity index (χ4v) is 5.89. The zero-order valence-electron chi connectivity index (χ0n) is 25.6. The number of aromatic hydroxyl groups is 2. The van der Waals surface area contributed by atoms with Crippen LogP contribution < -0.4 is 21.8 Å². The first-order valence-electron chi connectivity index (χ1n) is 15.1. The summed E-state index contributed by atoms with van der Waals surface area (Å²) in [6.07, 6.45) is 7.35. The van der Waals surface area contributed by atoms with Crippen LogP contribution in [0.5, 0.6) is 11.5 Å². The van der Waals surface area contributed by atoms with E-state index < -0.39 is 29.1 Å². The molecule has 1 saturated heterocycles. The lowest BCUT2D eigenvalue weighted by molar-refractivity contribution is 0.0154. The summed E-state index contributed by atoms with van der Waals surface area (Å²) in [6.45, 7) is 3.89. The largest absolute Gasteiger partial charge is 0.504 e. The van der Waals surface area contributed by atoms with Crippen molar-refractivity contribution in [1.29, 1.82) is 0 Å². The fourth-order valence-electron chi connectivity index (χ4n) is 5.89. The molecule has 11 heteroatoms. The number of nitrogens with two attached hydrogens (primary N) is 1. The van der Waals surface area contributed by atoms with Crippen LogP contribution in [0.25, 0.3) is 22.3 Å². The molecule has 1 atom stereocenters.